The van der Waals surface area contributed by atoms with Crippen LogP contribution in [-0.4, -0.2) is 40.8 Å². The lowest BCUT2D eigenvalue weighted by molar-refractivity contribution is -0.0725. The zero-order valence-electron chi connectivity index (χ0n) is 11.1. The van der Waals surface area contributed by atoms with E-state index in [0.29, 0.717) is 25.2 Å². The van der Waals surface area contributed by atoms with Crippen molar-refractivity contribution in [2.24, 2.45) is 12.0 Å². The number of amides is 2. The summed E-state index contributed by atoms with van der Waals surface area (Å²) < 4.78 is 7.40. The molecule has 5 heteroatoms. The maximum atomic E-state index is 12.1. The Hall–Kier alpha value is -1.62. The van der Waals surface area contributed by atoms with Crippen molar-refractivity contribution in [3.8, 4) is 0 Å². The standard InChI is InChI=1S/C13H19N3O2/c1-13(2)10-16(8-9-18-13)12(17)14-11-6-4-5-7-15(11)3/h4-7H,8-10H2,1-3H3. The van der Waals surface area contributed by atoms with E-state index < -0.39 is 0 Å². The number of nitrogens with zero attached hydrogens (tertiary/aromatic N) is 3. The minimum Gasteiger partial charge on any atom is -0.372 e. The number of hydrogen-bond acceptors (Lipinski definition) is 2. The molecule has 1 aromatic heterocycles. The molecule has 1 aromatic rings. The third-order valence-electron chi connectivity index (χ3n) is 2.93. The van der Waals surface area contributed by atoms with Gasteiger partial charge in [0.05, 0.1) is 18.8 Å². The summed E-state index contributed by atoms with van der Waals surface area (Å²) >= 11 is 0. The molecule has 98 valence electrons. The van der Waals surface area contributed by atoms with Gasteiger partial charge in [0.15, 0.2) is 0 Å². The van der Waals surface area contributed by atoms with Crippen LogP contribution in [0.1, 0.15) is 13.8 Å². The second kappa shape index (κ2) is 4.94. The van der Waals surface area contributed by atoms with Crippen LogP contribution in [0.4, 0.5) is 4.79 Å². The van der Waals surface area contributed by atoms with Gasteiger partial charge >= 0.3 is 6.03 Å². The van der Waals surface area contributed by atoms with Gasteiger partial charge in [-0.25, -0.2) is 4.79 Å². The van der Waals surface area contributed by atoms with Gasteiger partial charge in [0.25, 0.3) is 0 Å². The monoisotopic (exact) mass is 249 g/mol. The molecule has 0 aromatic carbocycles. The molecule has 0 N–H and O–H groups in total. The summed E-state index contributed by atoms with van der Waals surface area (Å²) in [6, 6.07) is 5.40. The van der Waals surface area contributed by atoms with Crippen LogP contribution in [0.15, 0.2) is 29.4 Å². The lowest BCUT2D eigenvalue weighted by atomic mass is 10.1. The summed E-state index contributed by atoms with van der Waals surface area (Å²) in [6.45, 7) is 5.70. The molecule has 5 nitrogen and oxygen atoms in total. The van der Waals surface area contributed by atoms with E-state index in [9.17, 15) is 4.79 Å². The SMILES string of the molecule is Cn1ccccc1=NC(=O)N1CCOC(C)(C)C1. The first-order valence-electron chi connectivity index (χ1n) is 6.07. The highest BCUT2D eigenvalue weighted by Gasteiger charge is 2.29. The van der Waals surface area contributed by atoms with Gasteiger partial charge in [0, 0.05) is 19.8 Å². The lowest BCUT2D eigenvalue weighted by Crippen LogP contribution is -2.50. The number of aromatic nitrogens is 1. The van der Waals surface area contributed by atoms with E-state index in [1.165, 1.54) is 0 Å². The van der Waals surface area contributed by atoms with Crippen LogP contribution in [0.3, 0.4) is 0 Å². The summed E-state index contributed by atoms with van der Waals surface area (Å²) in [7, 11) is 1.87. The van der Waals surface area contributed by atoms with Crippen LogP contribution in [-0.2, 0) is 11.8 Å². The Bertz CT molecular complexity index is 505. The Labute approximate surface area is 107 Å². The number of carbonyl (C=O) groups is 1. The average molecular weight is 249 g/mol. The second-order valence-corrected chi connectivity index (χ2v) is 5.09. The third-order valence-corrected chi connectivity index (χ3v) is 2.93. The van der Waals surface area contributed by atoms with Crippen LogP contribution in [0, 0.1) is 0 Å². The van der Waals surface area contributed by atoms with Crippen molar-refractivity contribution >= 4 is 6.03 Å². The predicted molar refractivity (Wildman–Crippen MR) is 68.0 cm³/mol. The maximum absolute atomic E-state index is 12.1. The summed E-state index contributed by atoms with van der Waals surface area (Å²) in [4.78, 5) is 18.0. The van der Waals surface area contributed by atoms with Crippen molar-refractivity contribution in [3.05, 3.63) is 29.9 Å². The summed E-state index contributed by atoms with van der Waals surface area (Å²) in [6.07, 6.45) is 1.87. The van der Waals surface area contributed by atoms with Crippen LogP contribution in [0.2, 0.25) is 0 Å². The molecule has 1 fully saturated rings. The Morgan fingerprint density at radius 3 is 2.89 bits per heavy atom. The second-order valence-electron chi connectivity index (χ2n) is 5.09. The van der Waals surface area contributed by atoms with Crippen molar-refractivity contribution in [3.63, 3.8) is 0 Å². The van der Waals surface area contributed by atoms with Gasteiger partial charge < -0.3 is 14.2 Å². The number of morpholine rings is 1. The van der Waals surface area contributed by atoms with Gasteiger partial charge in [0.2, 0.25) is 0 Å². The Kier molecular flexibility index (Phi) is 3.52. The van der Waals surface area contributed by atoms with Crippen LogP contribution in [0.25, 0.3) is 0 Å². The quantitative estimate of drug-likeness (QED) is 0.692. The molecule has 0 spiro atoms. The normalized spacial score (nSPS) is 19.9. The zero-order valence-corrected chi connectivity index (χ0v) is 11.1. The van der Waals surface area contributed by atoms with E-state index in [0.717, 1.165) is 0 Å². The van der Waals surface area contributed by atoms with Gasteiger partial charge in [-0.1, -0.05) is 6.07 Å². The fraction of sp³-hybridized carbons (Fsp3) is 0.538. The van der Waals surface area contributed by atoms with E-state index in [-0.39, 0.29) is 11.6 Å². The largest absolute Gasteiger partial charge is 0.372 e. The molecular weight excluding hydrogens is 230 g/mol. The molecule has 2 heterocycles. The smallest absolute Gasteiger partial charge is 0.345 e. The van der Waals surface area contributed by atoms with Gasteiger partial charge in [-0.05, 0) is 26.0 Å². The van der Waals surface area contributed by atoms with Crippen LogP contribution in [0.5, 0.6) is 0 Å². The molecule has 18 heavy (non-hydrogen) atoms. The van der Waals surface area contributed by atoms with Gasteiger partial charge in [-0.3, -0.25) is 0 Å². The number of pyridine rings is 1. The van der Waals surface area contributed by atoms with Crippen molar-refractivity contribution in [2.45, 2.75) is 19.4 Å². The Balaban J connectivity index is 2.18. The fourth-order valence-electron chi connectivity index (χ4n) is 1.98. The van der Waals surface area contributed by atoms with Crippen molar-refractivity contribution in [2.75, 3.05) is 19.7 Å². The number of urea groups is 1. The number of aryl methyl sites for hydroxylation is 1. The molecular formula is C13H19N3O2. The topological polar surface area (TPSA) is 46.8 Å². The van der Waals surface area contributed by atoms with E-state index in [2.05, 4.69) is 4.99 Å². The molecule has 0 atom stereocenters. The Morgan fingerprint density at radius 1 is 1.44 bits per heavy atom. The van der Waals surface area contributed by atoms with Gasteiger partial charge in [0.1, 0.15) is 5.49 Å². The Morgan fingerprint density at radius 2 is 2.22 bits per heavy atom. The summed E-state index contributed by atoms with van der Waals surface area (Å²) in [5.74, 6) is 0. The van der Waals surface area contributed by atoms with E-state index in [4.69, 9.17) is 4.74 Å². The minimum absolute atomic E-state index is 0.201. The molecule has 0 saturated carbocycles. The first kappa shape index (κ1) is 12.8. The third kappa shape index (κ3) is 2.98. The molecule has 1 saturated heterocycles. The van der Waals surface area contributed by atoms with Gasteiger partial charge in [-0.2, -0.15) is 4.99 Å². The number of hydrogen-bond donors (Lipinski definition) is 0. The van der Waals surface area contributed by atoms with Crippen LogP contribution >= 0.6 is 0 Å². The summed E-state index contributed by atoms with van der Waals surface area (Å²) in [5, 5.41) is 0. The molecule has 2 amide bonds. The molecule has 1 aliphatic rings. The van der Waals surface area contributed by atoms with Gasteiger partial charge in [-0.15, -0.1) is 0 Å². The molecule has 2 rings (SSSR count). The predicted octanol–water partition coefficient (Wildman–Crippen LogP) is 1.16. The average Bonchev–Trinajstić information content (AvgIpc) is 2.31. The van der Waals surface area contributed by atoms with E-state index in [1.54, 1.807) is 4.90 Å². The van der Waals surface area contributed by atoms with E-state index in [1.807, 2.05) is 49.9 Å². The van der Waals surface area contributed by atoms with Crippen molar-refractivity contribution < 1.29 is 9.53 Å². The van der Waals surface area contributed by atoms with Crippen molar-refractivity contribution in [1.29, 1.82) is 0 Å². The highest BCUT2D eigenvalue weighted by molar-refractivity contribution is 5.75. The minimum atomic E-state index is -0.289. The zero-order chi connectivity index (χ0) is 13.2. The van der Waals surface area contributed by atoms with Crippen molar-refractivity contribution in [1.82, 2.24) is 9.47 Å². The first-order chi connectivity index (χ1) is 8.48. The molecule has 0 radical (unpaired) electrons. The number of ether oxygens (including phenoxy) is 1. The highest BCUT2D eigenvalue weighted by Crippen LogP contribution is 2.16. The number of carbonyl (C=O) groups excluding carboxylic acids is 1. The fourth-order valence-corrected chi connectivity index (χ4v) is 1.98. The number of rotatable bonds is 0. The molecule has 1 aliphatic heterocycles. The van der Waals surface area contributed by atoms with Crippen LogP contribution < -0.4 is 5.49 Å². The molecule has 0 bridgehead atoms. The highest BCUT2D eigenvalue weighted by atomic mass is 16.5. The maximum Gasteiger partial charge on any atom is 0.345 e. The molecule has 0 aliphatic carbocycles. The molecule has 0 unspecified atom stereocenters. The van der Waals surface area contributed by atoms with E-state index >= 15 is 0 Å². The lowest BCUT2D eigenvalue weighted by Gasteiger charge is -2.37. The first-order valence-corrected chi connectivity index (χ1v) is 6.07. The summed E-state index contributed by atoms with van der Waals surface area (Å²) in [5.41, 5.74) is 0.370.